The molecule has 130 valence electrons. The molecule has 3 aliphatic rings. The average Bonchev–Trinajstić information content (AvgIpc) is 3.14. The van der Waals surface area contributed by atoms with Gasteiger partial charge in [0, 0.05) is 18.3 Å². The molecule has 1 heterocycles. The molecular formula is C12H13F3O7S. The Labute approximate surface area is 129 Å². The van der Waals surface area contributed by atoms with Gasteiger partial charge in [0.05, 0.1) is 25.9 Å². The molecule has 2 fully saturated rings. The third-order valence-corrected chi connectivity index (χ3v) is 5.07. The number of carbonyl (C=O) groups is 1. The summed E-state index contributed by atoms with van der Waals surface area (Å²) in [6, 6.07) is 0. The van der Waals surface area contributed by atoms with Gasteiger partial charge in [0.25, 0.3) is 0 Å². The lowest BCUT2D eigenvalue weighted by Crippen LogP contribution is -2.39. The first-order valence-corrected chi connectivity index (χ1v) is 8.12. The summed E-state index contributed by atoms with van der Waals surface area (Å²) in [4.78, 5) is 11.9. The summed E-state index contributed by atoms with van der Waals surface area (Å²) >= 11 is 0. The number of hydrogen-bond acceptors (Lipinski definition) is 7. The van der Waals surface area contributed by atoms with Crippen LogP contribution in [0.5, 0.6) is 0 Å². The number of halogens is 3. The van der Waals surface area contributed by atoms with Crippen molar-refractivity contribution in [1.82, 2.24) is 0 Å². The summed E-state index contributed by atoms with van der Waals surface area (Å²) in [5.74, 6) is -3.65. The van der Waals surface area contributed by atoms with E-state index in [1.165, 1.54) is 0 Å². The molecular weight excluding hydrogens is 345 g/mol. The number of methoxy groups -OCH3 is 1. The van der Waals surface area contributed by atoms with Gasteiger partial charge in [-0.05, 0) is 6.42 Å². The number of allylic oxidation sites excluding steroid dienone is 1. The minimum atomic E-state index is -5.86. The molecule has 11 heteroatoms. The van der Waals surface area contributed by atoms with Crippen molar-refractivity contribution in [3.63, 3.8) is 0 Å². The SMILES string of the molecule is COC(=O)C1=C(OS(=O)(=O)C(F)(F)F)[C@@H]2C[C@@H]2C2(C1)OCCO2. The number of carbonyl (C=O) groups excluding carboxylic acids is 1. The summed E-state index contributed by atoms with van der Waals surface area (Å²) in [6.07, 6.45) is 0.0900. The highest BCUT2D eigenvalue weighted by Gasteiger charge is 2.64. The summed E-state index contributed by atoms with van der Waals surface area (Å²) in [7, 11) is -4.83. The van der Waals surface area contributed by atoms with E-state index in [9.17, 15) is 26.4 Å². The molecule has 0 unspecified atom stereocenters. The Morgan fingerprint density at radius 3 is 2.43 bits per heavy atom. The van der Waals surface area contributed by atoms with Crippen molar-refractivity contribution < 1.29 is 44.8 Å². The molecule has 1 aliphatic heterocycles. The van der Waals surface area contributed by atoms with Crippen LogP contribution in [0.3, 0.4) is 0 Å². The van der Waals surface area contributed by atoms with Crippen LogP contribution in [0.2, 0.25) is 0 Å². The molecule has 0 amide bonds. The van der Waals surface area contributed by atoms with Gasteiger partial charge in [0.15, 0.2) is 5.79 Å². The molecule has 2 aliphatic carbocycles. The third kappa shape index (κ3) is 2.60. The van der Waals surface area contributed by atoms with E-state index in [0.717, 1.165) is 7.11 Å². The van der Waals surface area contributed by atoms with E-state index >= 15 is 0 Å². The molecule has 0 radical (unpaired) electrons. The van der Waals surface area contributed by atoms with Gasteiger partial charge in [-0.15, -0.1) is 0 Å². The fourth-order valence-corrected chi connectivity index (χ4v) is 3.57. The Morgan fingerprint density at radius 2 is 1.91 bits per heavy atom. The minimum Gasteiger partial charge on any atom is -0.466 e. The Balaban J connectivity index is 1.98. The smallest absolute Gasteiger partial charge is 0.466 e. The van der Waals surface area contributed by atoms with Crippen LogP contribution in [-0.4, -0.2) is 46.0 Å². The van der Waals surface area contributed by atoms with E-state index in [0.29, 0.717) is 6.42 Å². The lowest BCUT2D eigenvalue weighted by atomic mass is 9.92. The topological polar surface area (TPSA) is 88.1 Å². The Kier molecular flexibility index (Phi) is 3.65. The van der Waals surface area contributed by atoms with Crippen molar-refractivity contribution >= 4 is 16.1 Å². The first-order valence-electron chi connectivity index (χ1n) is 6.71. The van der Waals surface area contributed by atoms with Gasteiger partial charge in [-0.1, -0.05) is 0 Å². The van der Waals surface area contributed by atoms with Crippen molar-refractivity contribution in [1.29, 1.82) is 0 Å². The predicted molar refractivity (Wildman–Crippen MR) is 66.0 cm³/mol. The normalized spacial score (nSPS) is 29.4. The number of hydrogen-bond donors (Lipinski definition) is 0. The fraction of sp³-hybridized carbons (Fsp3) is 0.750. The van der Waals surface area contributed by atoms with Gasteiger partial charge >= 0.3 is 21.6 Å². The second kappa shape index (κ2) is 5.08. The van der Waals surface area contributed by atoms with E-state index in [1.54, 1.807) is 0 Å². The van der Waals surface area contributed by atoms with Gasteiger partial charge in [-0.25, -0.2) is 4.79 Å². The number of ether oxygens (including phenoxy) is 3. The van der Waals surface area contributed by atoms with Gasteiger partial charge in [-0.3, -0.25) is 0 Å². The number of esters is 1. The van der Waals surface area contributed by atoms with E-state index in [4.69, 9.17) is 9.47 Å². The quantitative estimate of drug-likeness (QED) is 0.423. The van der Waals surface area contributed by atoms with Crippen molar-refractivity contribution in [2.45, 2.75) is 24.1 Å². The molecule has 7 nitrogen and oxygen atoms in total. The van der Waals surface area contributed by atoms with Gasteiger partial charge in [-0.2, -0.15) is 21.6 Å². The zero-order valence-corrected chi connectivity index (χ0v) is 12.7. The van der Waals surface area contributed by atoms with E-state index in [2.05, 4.69) is 8.92 Å². The average molecular weight is 358 g/mol. The van der Waals surface area contributed by atoms with Crippen molar-refractivity contribution in [3.05, 3.63) is 11.3 Å². The van der Waals surface area contributed by atoms with Crippen molar-refractivity contribution in [3.8, 4) is 0 Å². The van der Waals surface area contributed by atoms with Crippen LogP contribution in [0, 0.1) is 11.8 Å². The Morgan fingerprint density at radius 1 is 1.30 bits per heavy atom. The monoisotopic (exact) mass is 358 g/mol. The molecule has 1 saturated heterocycles. The van der Waals surface area contributed by atoms with Crippen LogP contribution in [0.1, 0.15) is 12.8 Å². The van der Waals surface area contributed by atoms with Crippen molar-refractivity contribution in [2.24, 2.45) is 11.8 Å². The molecule has 0 bridgehead atoms. The second-order valence-corrected chi connectivity index (χ2v) is 6.99. The van der Waals surface area contributed by atoms with Gasteiger partial charge < -0.3 is 18.4 Å². The van der Waals surface area contributed by atoms with Crippen LogP contribution in [0.15, 0.2) is 11.3 Å². The minimum absolute atomic E-state index is 0.219. The first kappa shape index (κ1) is 16.5. The maximum Gasteiger partial charge on any atom is 0.534 e. The number of rotatable bonds is 3. The van der Waals surface area contributed by atoms with E-state index in [-0.39, 0.29) is 31.1 Å². The highest BCUT2D eigenvalue weighted by atomic mass is 32.2. The zero-order valence-electron chi connectivity index (χ0n) is 11.9. The van der Waals surface area contributed by atoms with E-state index in [1.807, 2.05) is 0 Å². The summed E-state index contributed by atoms with van der Waals surface area (Å²) < 4.78 is 79.9. The standard InChI is InChI=1S/C12H13F3O7S/c1-19-10(16)7-5-11(20-2-3-21-11)8-4-6(8)9(7)22-23(17,18)12(13,14)15/h6,8H,2-5H2,1H3/t6-,8+/m1/s1. The molecule has 0 aromatic carbocycles. The van der Waals surface area contributed by atoms with Crippen LogP contribution < -0.4 is 0 Å². The molecule has 3 rings (SSSR count). The highest BCUT2D eigenvalue weighted by molar-refractivity contribution is 7.87. The van der Waals surface area contributed by atoms with Crippen LogP contribution in [0.4, 0.5) is 13.2 Å². The third-order valence-electron chi connectivity index (χ3n) is 4.10. The van der Waals surface area contributed by atoms with Gasteiger partial charge in [0.1, 0.15) is 5.76 Å². The lowest BCUT2D eigenvalue weighted by molar-refractivity contribution is -0.181. The Bertz CT molecular complexity index is 661. The lowest BCUT2D eigenvalue weighted by Gasteiger charge is -2.32. The molecule has 23 heavy (non-hydrogen) atoms. The summed E-state index contributed by atoms with van der Waals surface area (Å²) in [6.45, 7) is 0.573. The van der Waals surface area contributed by atoms with Crippen LogP contribution >= 0.6 is 0 Å². The number of alkyl halides is 3. The molecule has 1 saturated carbocycles. The Hall–Kier alpha value is -1.33. The predicted octanol–water partition coefficient (Wildman–Crippen LogP) is 1.06. The summed E-state index contributed by atoms with van der Waals surface area (Å²) in [5.41, 5.74) is -5.89. The summed E-state index contributed by atoms with van der Waals surface area (Å²) in [5, 5.41) is 0. The second-order valence-electron chi connectivity index (χ2n) is 5.45. The molecule has 0 aromatic heterocycles. The maximum absolute atomic E-state index is 12.5. The molecule has 0 N–H and O–H groups in total. The molecule has 1 spiro atoms. The number of fused-ring (bicyclic) bond motifs is 2. The van der Waals surface area contributed by atoms with Crippen LogP contribution in [0.25, 0.3) is 0 Å². The zero-order chi connectivity index (χ0) is 17.0. The maximum atomic E-state index is 12.5. The fourth-order valence-electron chi connectivity index (χ4n) is 3.02. The van der Waals surface area contributed by atoms with Crippen molar-refractivity contribution in [2.75, 3.05) is 20.3 Å². The van der Waals surface area contributed by atoms with Gasteiger partial charge in [0.2, 0.25) is 0 Å². The first-order chi connectivity index (χ1) is 10.6. The van der Waals surface area contributed by atoms with E-state index < -0.39 is 39.1 Å². The molecule has 2 atom stereocenters. The highest BCUT2D eigenvalue weighted by Crippen LogP contribution is 2.60. The van der Waals surface area contributed by atoms with Crippen LogP contribution in [-0.2, 0) is 33.3 Å². The largest absolute Gasteiger partial charge is 0.534 e. The molecule has 0 aromatic rings.